The highest BCUT2D eigenvalue weighted by atomic mass is 32.2. The Bertz CT molecular complexity index is 431. The molecular formula is C14H19F3N2S. The van der Waals surface area contributed by atoms with Crippen LogP contribution in [0.5, 0.6) is 0 Å². The van der Waals surface area contributed by atoms with Crippen molar-refractivity contribution in [3.8, 4) is 0 Å². The standard InChI is InChI=1S/C14H19F3N2S/c1-19(12-5-6-18-10-12)7-8-20-13-4-2-3-11(9-13)14(15,16)17/h2-4,9,12,18H,5-8,10H2,1H3. The van der Waals surface area contributed by atoms with Crippen molar-refractivity contribution in [2.45, 2.75) is 23.5 Å². The first-order valence-corrected chi connectivity index (χ1v) is 7.66. The Morgan fingerprint density at radius 1 is 1.40 bits per heavy atom. The van der Waals surface area contributed by atoms with Crippen LogP contribution in [0.25, 0.3) is 0 Å². The zero-order chi connectivity index (χ0) is 14.6. The van der Waals surface area contributed by atoms with Crippen molar-refractivity contribution in [1.29, 1.82) is 0 Å². The lowest BCUT2D eigenvalue weighted by molar-refractivity contribution is -0.137. The average Bonchev–Trinajstić information content (AvgIpc) is 2.92. The Labute approximate surface area is 121 Å². The van der Waals surface area contributed by atoms with Crippen LogP contribution in [-0.2, 0) is 6.18 Å². The average molecular weight is 304 g/mol. The predicted molar refractivity (Wildman–Crippen MR) is 76.1 cm³/mol. The molecule has 1 unspecified atom stereocenters. The molecule has 1 saturated heterocycles. The van der Waals surface area contributed by atoms with Crippen LogP contribution in [-0.4, -0.2) is 43.4 Å². The molecule has 0 amide bonds. The first kappa shape index (κ1) is 15.7. The van der Waals surface area contributed by atoms with Gasteiger partial charge in [0.2, 0.25) is 0 Å². The van der Waals surface area contributed by atoms with Gasteiger partial charge in [-0.2, -0.15) is 13.2 Å². The van der Waals surface area contributed by atoms with Crippen molar-refractivity contribution in [2.24, 2.45) is 0 Å². The molecule has 1 atom stereocenters. The molecule has 1 aliphatic rings. The number of hydrogen-bond donors (Lipinski definition) is 1. The van der Waals surface area contributed by atoms with Crippen molar-refractivity contribution in [1.82, 2.24) is 10.2 Å². The molecular weight excluding hydrogens is 285 g/mol. The highest BCUT2D eigenvalue weighted by Gasteiger charge is 2.30. The minimum atomic E-state index is -4.26. The van der Waals surface area contributed by atoms with Crippen molar-refractivity contribution >= 4 is 11.8 Å². The van der Waals surface area contributed by atoms with Gasteiger partial charge in [0.15, 0.2) is 0 Å². The summed E-state index contributed by atoms with van der Waals surface area (Å²) in [4.78, 5) is 2.96. The van der Waals surface area contributed by atoms with Crippen molar-refractivity contribution in [3.05, 3.63) is 29.8 Å². The number of nitrogens with zero attached hydrogens (tertiary/aromatic N) is 1. The summed E-state index contributed by atoms with van der Waals surface area (Å²) in [6, 6.07) is 6.09. The summed E-state index contributed by atoms with van der Waals surface area (Å²) in [5, 5.41) is 3.31. The molecule has 0 radical (unpaired) electrons. The van der Waals surface area contributed by atoms with Crippen molar-refractivity contribution < 1.29 is 13.2 Å². The zero-order valence-electron chi connectivity index (χ0n) is 11.4. The zero-order valence-corrected chi connectivity index (χ0v) is 12.2. The molecule has 2 rings (SSSR count). The summed E-state index contributed by atoms with van der Waals surface area (Å²) in [6.45, 7) is 2.94. The summed E-state index contributed by atoms with van der Waals surface area (Å²) in [5.41, 5.74) is -0.573. The Hall–Kier alpha value is -0.720. The van der Waals surface area contributed by atoms with E-state index in [-0.39, 0.29) is 0 Å². The minimum Gasteiger partial charge on any atom is -0.315 e. The molecule has 1 aliphatic heterocycles. The quantitative estimate of drug-likeness (QED) is 0.842. The molecule has 112 valence electrons. The fraction of sp³-hybridized carbons (Fsp3) is 0.571. The first-order chi connectivity index (χ1) is 9.47. The molecule has 0 spiro atoms. The summed E-state index contributed by atoms with van der Waals surface area (Å²) < 4.78 is 37.8. The van der Waals surface area contributed by atoms with E-state index in [2.05, 4.69) is 17.3 Å². The normalized spacial score (nSPS) is 19.8. The molecule has 0 saturated carbocycles. The highest BCUT2D eigenvalue weighted by Crippen LogP contribution is 2.31. The lowest BCUT2D eigenvalue weighted by Gasteiger charge is -2.23. The van der Waals surface area contributed by atoms with E-state index in [1.807, 2.05) is 0 Å². The van der Waals surface area contributed by atoms with Gasteiger partial charge in [0.1, 0.15) is 0 Å². The maximum Gasteiger partial charge on any atom is 0.416 e. The Morgan fingerprint density at radius 3 is 2.85 bits per heavy atom. The number of thioether (sulfide) groups is 1. The van der Waals surface area contributed by atoms with E-state index in [9.17, 15) is 13.2 Å². The number of rotatable bonds is 5. The molecule has 1 heterocycles. The smallest absolute Gasteiger partial charge is 0.315 e. The number of likely N-dealkylation sites (N-methyl/N-ethyl adjacent to an activating group) is 1. The van der Waals surface area contributed by atoms with Crippen LogP contribution in [0.15, 0.2) is 29.2 Å². The Morgan fingerprint density at radius 2 is 2.20 bits per heavy atom. The van der Waals surface area contributed by atoms with Gasteiger partial charge in [0.05, 0.1) is 5.56 Å². The number of alkyl halides is 3. The van der Waals surface area contributed by atoms with Gasteiger partial charge in [-0.1, -0.05) is 6.07 Å². The lowest BCUT2D eigenvalue weighted by atomic mass is 10.2. The van der Waals surface area contributed by atoms with Crippen molar-refractivity contribution in [3.63, 3.8) is 0 Å². The lowest BCUT2D eigenvalue weighted by Crippen LogP contribution is -2.34. The fourth-order valence-electron chi connectivity index (χ4n) is 2.27. The number of hydrogen-bond acceptors (Lipinski definition) is 3. The summed E-state index contributed by atoms with van der Waals surface area (Å²) in [7, 11) is 2.07. The second-order valence-electron chi connectivity index (χ2n) is 5.00. The molecule has 0 bridgehead atoms. The van der Waals surface area contributed by atoms with Crippen LogP contribution < -0.4 is 5.32 Å². The minimum absolute atomic E-state index is 0.553. The van der Waals surface area contributed by atoms with Gasteiger partial charge in [0, 0.05) is 29.8 Å². The first-order valence-electron chi connectivity index (χ1n) is 6.68. The monoisotopic (exact) mass is 304 g/mol. The van der Waals surface area contributed by atoms with Gasteiger partial charge >= 0.3 is 6.18 Å². The summed E-state index contributed by atoms with van der Waals surface area (Å²) in [5.74, 6) is 0.800. The van der Waals surface area contributed by atoms with Crippen molar-refractivity contribution in [2.75, 3.05) is 32.4 Å². The second-order valence-corrected chi connectivity index (χ2v) is 6.17. The van der Waals surface area contributed by atoms with Gasteiger partial charge in [0.25, 0.3) is 0 Å². The van der Waals surface area contributed by atoms with E-state index in [1.165, 1.54) is 23.9 Å². The van der Waals surface area contributed by atoms with Gasteiger partial charge in [-0.05, 0) is 38.2 Å². The van der Waals surface area contributed by atoms with Gasteiger partial charge in [-0.15, -0.1) is 11.8 Å². The molecule has 20 heavy (non-hydrogen) atoms. The third-order valence-corrected chi connectivity index (χ3v) is 4.51. The molecule has 1 N–H and O–H groups in total. The summed E-state index contributed by atoms with van der Waals surface area (Å²) >= 11 is 1.48. The number of benzene rings is 1. The fourth-order valence-corrected chi connectivity index (χ4v) is 3.27. The van der Waals surface area contributed by atoms with Crippen LogP contribution in [0, 0.1) is 0 Å². The molecule has 1 aromatic rings. The van der Waals surface area contributed by atoms with Crippen LogP contribution in [0.3, 0.4) is 0 Å². The Balaban J connectivity index is 1.82. The molecule has 2 nitrogen and oxygen atoms in total. The Kier molecular flexibility index (Phi) is 5.35. The predicted octanol–water partition coefficient (Wildman–Crippen LogP) is 3.09. The third-order valence-electron chi connectivity index (χ3n) is 3.53. The van der Waals surface area contributed by atoms with Gasteiger partial charge < -0.3 is 10.2 Å². The molecule has 0 aliphatic carbocycles. The second kappa shape index (κ2) is 6.83. The maximum atomic E-state index is 12.6. The number of nitrogens with one attached hydrogen (secondary N) is 1. The van der Waals surface area contributed by atoms with E-state index in [0.29, 0.717) is 10.9 Å². The molecule has 1 fully saturated rings. The largest absolute Gasteiger partial charge is 0.416 e. The van der Waals surface area contributed by atoms with Gasteiger partial charge in [-0.3, -0.25) is 0 Å². The third kappa shape index (κ3) is 4.40. The SMILES string of the molecule is CN(CCSc1cccc(C(F)(F)F)c1)C1CCNC1. The number of halogens is 3. The van der Waals surface area contributed by atoms with E-state index in [0.717, 1.165) is 37.9 Å². The van der Waals surface area contributed by atoms with E-state index in [1.54, 1.807) is 6.07 Å². The topological polar surface area (TPSA) is 15.3 Å². The van der Waals surface area contributed by atoms with Crippen LogP contribution in [0.1, 0.15) is 12.0 Å². The summed E-state index contributed by atoms with van der Waals surface area (Å²) in [6.07, 6.45) is -3.12. The van der Waals surface area contributed by atoms with E-state index >= 15 is 0 Å². The molecule has 1 aromatic carbocycles. The van der Waals surface area contributed by atoms with Crippen LogP contribution >= 0.6 is 11.8 Å². The highest BCUT2D eigenvalue weighted by molar-refractivity contribution is 7.99. The maximum absolute atomic E-state index is 12.6. The van der Waals surface area contributed by atoms with E-state index in [4.69, 9.17) is 0 Å². The molecule has 0 aromatic heterocycles. The van der Waals surface area contributed by atoms with E-state index < -0.39 is 11.7 Å². The van der Waals surface area contributed by atoms with Gasteiger partial charge in [-0.25, -0.2) is 0 Å². The molecule has 6 heteroatoms. The van der Waals surface area contributed by atoms with Crippen LogP contribution in [0.4, 0.5) is 13.2 Å². The van der Waals surface area contributed by atoms with Crippen LogP contribution in [0.2, 0.25) is 0 Å².